The number of rotatable bonds is 0. The van der Waals surface area contributed by atoms with Crippen molar-refractivity contribution in [3.63, 3.8) is 0 Å². The van der Waals surface area contributed by atoms with Crippen LogP contribution in [0, 0.1) is 5.41 Å². The van der Waals surface area contributed by atoms with Crippen LogP contribution in [0.3, 0.4) is 0 Å². The quantitative estimate of drug-likeness (QED) is 0.643. The average molecular weight is 197 g/mol. The smallest absolute Gasteiger partial charge is 0.0488 e. The standard InChI is InChI=1S/C9H17N.C3H6O/c1-9(2)5-7-3-4-8(6-9)10-7;1-2-4-3-1/h7-8,10H,3-6H2,1-2H3;1-3H2. The molecular weight excluding hydrogens is 174 g/mol. The molecule has 3 saturated heterocycles. The summed E-state index contributed by atoms with van der Waals surface area (Å²) in [6, 6.07) is 1.71. The van der Waals surface area contributed by atoms with Crippen molar-refractivity contribution in [3.05, 3.63) is 0 Å². The molecule has 3 aliphatic rings. The number of hydrogen-bond acceptors (Lipinski definition) is 2. The lowest BCUT2D eigenvalue weighted by Gasteiger charge is -2.35. The minimum Gasteiger partial charge on any atom is -0.381 e. The van der Waals surface area contributed by atoms with E-state index in [2.05, 4.69) is 19.2 Å². The number of ether oxygens (including phenoxy) is 1. The Balaban J connectivity index is 0.000000157. The van der Waals surface area contributed by atoms with Gasteiger partial charge < -0.3 is 10.1 Å². The average Bonchev–Trinajstić information content (AvgIpc) is 2.24. The molecule has 1 N–H and O–H groups in total. The van der Waals surface area contributed by atoms with E-state index in [-0.39, 0.29) is 0 Å². The molecule has 14 heavy (non-hydrogen) atoms. The van der Waals surface area contributed by atoms with Gasteiger partial charge in [0.1, 0.15) is 0 Å². The van der Waals surface area contributed by atoms with Crippen molar-refractivity contribution in [2.45, 2.75) is 58.0 Å². The van der Waals surface area contributed by atoms with E-state index >= 15 is 0 Å². The van der Waals surface area contributed by atoms with Crippen LogP contribution in [0.2, 0.25) is 0 Å². The molecule has 2 heteroatoms. The first-order valence-electron chi connectivity index (χ1n) is 5.99. The van der Waals surface area contributed by atoms with E-state index < -0.39 is 0 Å². The molecule has 0 spiro atoms. The van der Waals surface area contributed by atoms with Gasteiger partial charge in [-0.15, -0.1) is 0 Å². The van der Waals surface area contributed by atoms with Crippen LogP contribution in [0.1, 0.15) is 46.0 Å². The predicted octanol–water partition coefficient (Wildman–Crippen LogP) is 2.33. The fraction of sp³-hybridized carbons (Fsp3) is 1.00. The maximum Gasteiger partial charge on any atom is 0.0488 e. The van der Waals surface area contributed by atoms with E-state index in [4.69, 9.17) is 4.74 Å². The van der Waals surface area contributed by atoms with Gasteiger partial charge in [-0.1, -0.05) is 13.8 Å². The Morgan fingerprint density at radius 1 is 1.07 bits per heavy atom. The van der Waals surface area contributed by atoms with Gasteiger partial charge in [-0.3, -0.25) is 0 Å². The summed E-state index contributed by atoms with van der Waals surface area (Å²) in [6.07, 6.45) is 6.91. The maximum absolute atomic E-state index is 4.72. The van der Waals surface area contributed by atoms with Gasteiger partial charge in [0, 0.05) is 25.3 Å². The Hall–Kier alpha value is -0.0800. The van der Waals surface area contributed by atoms with Crippen LogP contribution in [0.5, 0.6) is 0 Å². The molecule has 82 valence electrons. The van der Waals surface area contributed by atoms with Crippen LogP contribution in [-0.4, -0.2) is 25.3 Å². The first-order chi connectivity index (χ1) is 6.66. The van der Waals surface area contributed by atoms with Gasteiger partial charge in [0.05, 0.1) is 0 Å². The second-order valence-electron chi connectivity index (χ2n) is 5.68. The number of fused-ring (bicyclic) bond motifs is 2. The van der Waals surface area contributed by atoms with Crippen LogP contribution in [0.4, 0.5) is 0 Å². The lowest BCUT2D eigenvalue weighted by molar-refractivity contribution is 0.0367. The predicted molar refractivity (Wildman–Crippen MR) is 58.4 cm³/mol. The minimum atomic E-state index is 0.622. The van der Waals surface area contributed by atoms with E-state index in [1.165, 1.54) is 32.1 Å². The van der Waals surface area contributed by atoms with E-state index in [0.717, 1.165) is 25.3 Å². The zero-order valence-electron chi connectivity index (χ0n) is 9.51. The number of nitrogens with one attached hydrogen (secondary N) is 1. The van der Waals surface area contributed by atoms with E-state index in [0.29, 0.717) is 5.41 Å². The second kappa shape index (κ2) is 4.19. The zero-order valence-corrected chi connectivity index (χ0v) is 9.51. The second-order valence-corrected chi connectivity index (χ2v) is 5.68. The first-order valence-corrected chi connectivity index (χ1v) is 5.99. The van der Waals surface area contributed by atoms with Gasteiger partial charge in [0.15, 0.2) is 0 Å². The van der Waals surface area contributed by atoms with Gasteiger partial charge in [-0.05, 0) is 37.5 Å². The van der Waals surface area contributed by atoms with E-state index in [1.54, 1.807) is 0 Å². The molecule has 0 radical (unpaired) electrons. The lowest BCUT2D eigenvalue weighted by atomic mass is 9.79. The first kappa shape index (κ1) is 10.4. The van der Waals surface area contributed by atoms with Gasteiger partial charge in [0.25, 0.3) is 0 Å². The maximum atomic E-state index is 4.72. The van der Waals surface area contributed by atoms with E-state index in [9.17, 15) is 0 Å². The summed E-state index contributed by atoms with van der Waals surface area (Å²) >= 11 is 0. The van der Waals surface area contributed by atoms with Crippen LogP contribution >= 0.6 is 0 Å². The SMILES string of the molecule is C1COC1.CC1(C)CC2CCC(C1)N2. The van der Waals surface area contributed by atoms with Crippen molar-refractivity contribution in [1.82, 2.24) is 5.32 Å². The molecule has 3 fully saturated rings. The van der Waals surface area contributed by atoms with Gasteiger partial charge >= 0.3 is 0 Å². The molecule has 0 aliphatic carbocycles. The van der Waals surface area contributed by atoms with Gasteiger partial charge in [-0.2, -0.15) is 0 Å². The summed E-state index contributed by atoms with van der Waals surface area (Å²) in [6.45, 7) is 6.80. The summed E-state index contributed by atoms with van der Waals surface area (Å²) in [4.78, 5) is 0. The van der Waals surface area contributed by atoms with Gasteiger partial charge in [0.2, 0.25) is 0 Å². The Morgan fingerprint density at radius 3 is 1.86 bits per heavy atom. The molecule has 0 aromatic heterocycles. The van der Waals surface area contributed by atoms with Crippen molar-refractivity contribution in [1.29, 1.82) is 0 Å². The third-order valence-corrected chi connectivity index (χ3v) is 3.51. The Morgan fingerprint density at radius 2 is 1.50 bits per heavy atom. The lowest BCUT2D eigenvalue weighted by Crippen LogP contribution is -2.41. The molecule has 0 aromatic rings. The summed E-state index contributed by atoms with van der Waals surface area (Å²) < 4.78 is 4.72. The highest BCUT2D eigenvalue weighted by Gasteiger charge is 2.37. The van der Waals surface area contributed by atoms with Crippen LogP contribution < -0.4 is 5.32 Å². The largest absolute Gasteiger partial charge is 0.381 e. The van der Waals surface area contributed by atoms with Crippen LogP contribution in [0.25, 0.3) is 0 Å². The van der Waals surface area contributed by atoms with Crippen molar-refractivity contribution >= 4 is 0 Å². The van der Waals surface area contributed by atoms with Crippen molar-refractivity contribution in [3.8, 4) is 0 Å². The number of hydrogen-bond donors (Lipinski definition) is 1. The molecule has 3 heterocycles. The molecule has 2 atom stereocenters. The fourth-order valence-corrected chi connectivity index (χ4v) is 2.79. The fourth-order valence-electron chi connectivity index (χ4n) is 2.79. The summed E-state index contributed by atoms with van der Waals surface area (Å²) in [5, 5.41) is 3.65. The molecular formula is C12H23NO. The molecule has 0 amide bonds. The van der Waals surface area contributed by atoms with E-state index in [1.807, 2.05) is 0 Å². The van der Waals surface area contributed by atoms with Crippen LogP contribution in [-0.2, 0) is 4.74 Å². The third kappa shape index (κ3) is 2.71. The van der Waals surface area contributed by atoms with Gasteiger partial charge in [-0.25, -0.2) is 0 Å². The highest BCUT2D eigenvalue weighted by molar-refractivity contribution is 4.95. The Bertz CT molecular complexity index is 169. The number of piperidine rings is 1. The molecule has 3 aliphatic heterocycles. The molecule has 2 bridgehead atoms. The Labute approximate surface area is 87.4 Å². The normalized spacial score (nSPS) is 38.1. The topological polar surface area (TPSA) is 21.3 Å². The molecule has 2 nitrogen and oxygen atoms in total. The third-order valence-electron chi connectivity index (χ3n) is 3.51. The van der Waals surface area contributed by atoms with Crippen molar-refractivity contribution in [2.75, 3.05) is 13.2 Å². The van der Waals surface area contributed by atoms with Crippen molar-refractivity contribution < 1.29 is 4.74 Å². The van der Waals surface area contributed by atoms with Crippen molar-refractivity contribution in [2.24, 2.45) is 5.41 Å². The molecule has 2 unspecified atom stereocenters. The molecule has 3 rings (SSSR count). The summed E-state index contributed by atoms with van der Waals surface area (Å²) in [5.41, 5.74) is 0.622. The highest BCUT2D eigenvalue weighted by atomic mass is 16.5. The zero-order chi connectivity index (χ0) is 10.0. The van der Waals surface area contributed by atoms with Crippen LogP contribution in [0.15, 0.2) is 0 Å². The molecule has 0 aromatic carbocycles. The highest BCUT2D eigenvalue weighted by Crippen LogP contribution is 2.39. The Kier molecular flexibility index (Phi) is 3.13. The monoisotopic (exact) mass is 197 g/mol. The minimum absolute atomic E-state index is 0.622. The summed E-state index contributed by atoms with van der Waals surface area (Å²) in [7, 11) is 0. The summed E-state index contributed by atoms with van der Waals surface area (Å²) in [5.74, 6) is 0. The molecule has 0 saturated carbocycles.